The van der Waals surface area contributed by atoms with E-state index in [9.17, 15) is 4.79 Å². The second-order valence-electron chi connectivity index (χ2n) is 6.01. The molecule has 0 radical (unpaired) electrons. The zero-order valence-corrected chi connectivity index (χ0v) is 14.1. The predicted molar refractivity (Wildman–Crippen MR) is 90.9 cm³/mol. The molecule has 6 nitrogen and oxygen atoms in total. The third-order valence-electron chi connectivity index (χ3n) is 4.48. The van der Waals surface area contributed by atoms with Gasteiger partial charge >= 0.3 is 0 Å². The Kier molecular flexibility index (Phi) is 5.59. The molecule has 1 fully saturated rings. The van der Waals surface area contributed by atoms with Crippen molar-refractivity contribution in [2.45, 2.75) is 38.6 Å². The van der Waals surface area contributed by atoms with Gasteiger partial charge in [0.15, 0.2) is 0 Å². The highest BCUT2D eigenvalue weighted by atomic mass is 16.5. The van der Waals surface area contributed by atoms with Crippen molar-refractivity contribution in [3.05, 3.63) is 42.5 Å². The fourth-order valence-corrected chi connectivity index (χ4v) is 3.27. The first-order chi connectivity index (χ1) is 11.8. The highest BCUT2D eigenvalue weighted by Gasteiger charge is 2.28. The highest BCUT2D eigenvalue weighted by molar-refractivity contribution is 5.78. The summed E-state index contributed by atoms with van der Waals surface area (Å²) in [6, 6.07) is 10.4. The van der Waals surface area contributed by atoms with Crippen LogP contribution in [0, 0.1) is 0 Å². The maximum absolute atomic E-state index is 12.2. The SMILES string of the molecule is CCOCC(=O)N1CCCC1CCc1nncn1-c1ccccc1. The van der Waals surface area contributed by atoms with E-state index in [1.807, 2.05) is 46.7 Å². The topological polar surface area (TPSA) is 60.2 Å². The lowest BCUT2D eigenvalue weighted by atomic mass is 10.1. The van der Waals surface area contributed by atoms with Crippen molar-refractivity contribution in [1.82, 2.24) is 19.7 Å². The Balaban J connectivity index is 1.62. The van der Waals surface area contributed by atoms with E-state index in [0.29, 0.717) is 6.61 Å². The molecular weight excluding hydrogens is 304 g/mol. The van der Waals surface area contributed by atoms with Crippen molar-refractivity contribution in [1.29, 1.82) is 0 Å². The monoisotopic (exact) mass is 328 g/mol. The number of likely N-dealkylation sites (tertiary alicyclic amines) is 1. The smallest absolute Gasteiger partial charge is 0.248 e. The van der Waals surface area contributed by atoms with Crippen LogP contribution in [0.4, 0.5) is 0 Å². The minimum absolute atomic E-state index is 0.101. The number of carbonyl (C=O) groups is 1. The van der Waals surface area contributed by atoms with Crippen LogP contribution < -0.4 is 0 Å². The minimum Gasteiger partial charge on any atom is -0.372 e. The lowest BCUT2D eigenvalue weighted by Crippen LogP contribution is -2.38. The molecule has 1 saturated heterocycles. The Morgan fingerprint density at radius 1 is 1.33 bits per heavy atom. The van der Waals surface area contributed by atoms with Gasteiger partial charge in [-0.25, -0.2) is 0 Å². The lowest BCUT2D eigenvalue weighted by molar-refractivity contribution is -0.136. The van der Waals surface area contributed by atoms with Gasteiger partial charge in [-0.2, -0.15) is 0 Å². The van der Waals surface area contributed by atoms with E-state index >= 15 is 0 Å². The van der Waals surface area contributed by atoms with Gasteiger partial charge in [0.2, 0.25) is 5.91 Å². The Labute approximate surface area is 142 Å². The number of para-hydroxylation sites is 1. The van der Waals surface area contributed by atoms with E-state index in [1.54, 1.807) is 6.33 Å². The maximum Gasteiger partial charge on any atom is 0.248 e. The molecule has 2 heterocycles. The average Bonchev–Trinajstić information content (AvgIpc) is 3.27. The van der Waals surface area contributed by atoms with E-state index in [4.69, 9.17) is 4.74 Å². The summed E-state index contributed by atoms with van der Waals surface area (Å²) in [7, 11) is 0. The maximum atomic E-state index is 12.2. The standard InChI is InChI=1S/C18H24N4O2/c1-2-24-13-18(23)21-12-6-9-16(21)10-11-17-20-19-14-22(17)15-7-4-3-5-8-15/h3-5,7-8,14,16H,2,6,9-13H2,1H3. The quantitative estimate of drug-likeness (QED) is 0.782. The number of nitrogens with zero attached hydrogens (tertiary/aromatic N) is 4. The molecule has 1 unspecified atom stereocenters. The van der Waals surface area contributed by atoms with E-state index in [2.05, 4.69) is 10.2 Å². The third kappa shape index (κ3) is 3.82. The van der Waals surface area contributed by atoms with Crippen LogP contribution in [0.2, 0.25) is 0 Å². The van der Waals surface area contributed by atoms with Crippen LogP contribution in [0.5, 0.6) is 0 Å². The molecule has 0 aliphatic carbocycles. The number of aromatic nitrogens is 3. The van der Waals surface area contributed by atoms with Crippen LogP contribution in [0.3, 0.4) is 0 Å². The average molecular weight is 328 g/mol. The van der Waals surface area contributed by atoms with Crippen molar-refractivity contribution in [3.8, 4) is 5.69 Å². The van der Waals surface area contributed by atoms with Gasteiger partial charge in [-0.05, 0) is 38.3 Å². The molecule has 0 spiro atoms. The molecule has 24 heavy (non-hydrogen) atoms. The van der Waals surface area contributed by atoms with Crippen LogP contribution in [0.1, 0.15) is 32.0 Å². The molecule has 6 heteroatoms. The summed E-state index contributed by atoms with van der Waals surface area (Å²) in [4.78, 5) is 14.2. The second kappa shape index (κ2) is 8.06. The first kappa shape index (κ1) is 16.6. The van der Waals surface area contributed by atoms with Crippen molar-refractivity contribution in [2.24, 2.45) is 0 Å². The Bertz CT molecular complexity index is 656. The van der Waals surface area contributed by atoms with Crippen LogP contribution in [-0.4, -0.2) is 51.4 Å². The number of amides is 1. The van der Waals surface area contributed by atoms with Gasteiger partial charge in [0.05, 0.1) is 0 Å². The summed E-state index contributed by atoms with van der Waals surface area (Å²) >= 11 is 0. The van der Waals surface area contributed by atoms with Crippen LogP contribution in [0.15, 0.2) is 36.7 Å². The first-order valence-corrected chi connectivity index (χ1v) is 8.61. The van der Waals surface area contributed by atoms with E-state index in [-0.39, 0.29) is 18.6 Å². The van der Waals surface area contributed by atoms with Gasteiger partial charge in [0, 0.05) is 31.3 Å². The largest absolute Gasteiger partial charge is 0.372 e. The first-order valence-electron chi connectivity index (χ1n) is 8.61. The molecule has 1 aromatic carbocycles. The van der Waals surface area contributed by atoms with Crippen LogP contribution in [-0.2, 0) is 16.0 Å². The summed E-state index contributed by atoms with van der Waals surface area (Å²) in [5.74, 6) is 1.04. The normalized spacial score (nSPS) is 17.4. The zero-order chi connectivity index (χ0) is 16.8. The fraction of sp³-hybridized carbons (Fsp3) is 0.500. The fourth-order valence-electron chi connectivity index (χ4n) is 3.27. The van der Waals surface area contributed by atoms with E-state index in [1.165, 1.54) is 0 Å². The molecule has 1 amide bonds. The van der Waals surface area contributed by atoms with Gasteiger partial charge in [0.25, 0.3) is 0 Å². The van der Waals surface area contributed by atoms with Crippen molar-refractivity contribution < 1.29 is 9.53 Å². The van der Waals surface area contributed by atoms with Gasteiger partial charge in [-0.1, -0.05) is 18.2 Å². The number of hydrogen-bond acceptors (Lipinski definition) is 4. The second-order valence-corrected chi connectivity index (χ2v) is 6.01. The number of ether oxygens (including phenoxy) is 1. The molecule has 1 aliphatic rings. The summed E-state index contributed by atoms with van der Waals surface area (Å²) in [5, 5.41) is 8.31. The van der Waals surface area contributed by atoms with Crippen LogP contribution >= 0.6 is 0 Å². The predicted octanol–water partition coefficient (Wildman–Crippen LogP) is 2.23. The van der Waals surface area contributed by atoms with Gasteiger partial charge in [0.1, 0.15) is 18.8 Å². The van der Waals surface area contributed by atoms with E-state index < -0.39 is 0 Å². The molecule has 3 rings (SSSR count). The van der Waals surface area contributed by atoms with Crippen LogP contribution in [0.25, 0.3) is 5.69 Å². The number of rotatable bonds is 7. The number of hydrogen-bond donors (Lipinski definition) is 0. The molecule has 0 saturated carbocycles. The molecular formula is C18H24N4O2. The number of aryl methyl sites for hydroxylation is 1. The number of carbonyl (C=O) groups excluding carboxylic acids is 1. The minimum atomic E-state index is 0.101. The van der Waals surface area contributed by atoms with Gasteiger partial charge in [-0.3, -0.25) is 9.36 Å². The van der Waals surface area contributed by atoms with Crippen molar-refractivity contribution >= 4 is 5.91 Å². The molecule has 0 N–H and O–H groups in total. The molecule has 1 aliphatic heterocycles. The summed E-state index contributed by atoms with van der Waals surface area (Å²) in [5.41, 5.74) is 1.06. The Morgan fingerprint density at radius 2 is 2.17 bits per heavy atom. The van der Waals surface area contributed by atoms with Crippen molar-refractivity contribution in [3.63, 3.8) is 0 Å². The van der Waals surface area contributed by atoms with E-state index in [0.717, 1.165) is 43.7 Å². The molecule has 1 atom stereocenters. The summed E-state index contributed by atoms with van der Waals surface area (Å²) < 4.78 is 7.28. The zero-order valence-electron chi connectivity index (χ0n) is 14.1. The molecule has 128 valence electrons. The third-order valence-corrected chi connectivity index (χ3v) is 4.48. The Morgan fingerprint density at radius 3 is 2.96 bits per heavy atom. The summed E-state index contributed by atoms with van der Waals surface area (Å²) in [6.07, 6.45) is 5.57. The number of benzene rings is 1. The molecule has 2 aromatic rings. The summed E-state index contributed by atoms with van der Waals surface area (Å²) in [6.45, 7) is 3.50. The molecule has 0 bridgehead atoms. The lowest BCUT2D eigenvalue weighted by Gasteiger charge is -2.24. The van der Waals surface area contributed by atoms with Crippen molar-refractivity contribution in [2.75, 3.05) is 19.8 Å². The van der Waals surface area contributed by atoms with Gasteiger partial charge < -0.3 is 9.64 Å². The highest BCUT2D eigenvalue weighted by Crippen LogP contribution is 2.22. The molecule has 1 aromatic heterocycles. The van der Waals surface area contributed by atoms with Gasteiger partial charge in [-0.15, -0.1) is 10.2 Å². The Hall–Kier alpha value is -2.21.